The van der Waals surface area contributed by atoms with Crippen molar-refractivity contribution in [2.75, 3.05) is 20.2 Å². The fraction of sp³-hybridized carbons (Fsp3) is 0.692. The van der Waals surface area contributed by atoms with Crippen molar-refractivity contribution in [2.24, 2.45) is 7.05 Å². The minimum atomic E-state index is -0.170. The first-order valence-corrected chi connectivity index (χ1v) is 7.32. The minimum absolute atomic E-state index is 0.170. The number of methoxy groups -OCH3 is 1. The molecule has 0 bridgehead atoms. The Kier molecular flexibility index (Phi) is 6.51. The first-order chi connectivity index (χ1) is 9.03. The van der Waals surface area contributed by atoms with Gasteiger partial charge >= 0.3 is 5.97 Å². The minimum Gasteiger partial charge on any atom is -0.469 e. The van der Waals surface area contributed by atoms with Crippen LogP contribution in [0.3, 0.4) is 0 Å². The van der Waals surface area contributed by atoms with Crippen LogP contribution < -0.4 is 0 Å². The van der Waals surface area contributed by atoms with Crippen LogP contribution in [0.2, 0.25) is 0 Å². The number of aryl methyl sites for hydroxylation is 2. The Hall–Kier alpha value is -0.880. The van der Waals surface area contributed by atoms with E-state index in [1.165, 1.54) is 7.11 Å². The summed E-state index contributed by atoms with van der Waals surface area (Å²) in [6, 6.07) is 0. The number of nitrogens with zero attached hydrogens (tertiary/aromatic N) is 3. The first-order valence-electron chi connectivity index (χ1n) is 6.52. The Labute approximate surface area is 123 Å². The molecule has 1 rings (SSSR count). The normalized spacial score (nSPS) is 11.1. The summed E-state index contributed by atoms with van der Waals surface area (Å²) < 4.78 is 7.66. The monoisotopic (exact) mass is 331 g/mol. The standard InChI is InChI=1S/C13H22BrN3O2/c1-5-10-13(14)11(16(3)15-10)9-17(6-2)8-7-12(18)19-4/h5-9H2,1-4H3. The van der Waals surface area contributed by atoms with E-state index in [9.17, 15) is 4.79 Å². The van der Waals surface area contributed by atoms with Gasteiger partial charge in [-0.25, -0.2) is 0 Å². The molecule has 0 aliphatic rings. The van der Waals surface area contributed by atoms with Crippen LogP contribution in [0.15, 0.2) is 4.47 Å². The van der Waals surface area contributed by atoms with Crippen molar-refractivity contribution in [2.45, 2.75) is 33.2 Å². The van der Waals surface area contributed by atoms with Crippen molar-refractivity contribution < 1.29 is 9.53 Å². The van der Waals surface area contributed by atoms with Crippen LogP contribution in [0.25, 0.3) is 0 Å². The van der Waals surface area contributed by atoms with Gasteiger partial charge < -0.3 is 4.74 Å². The molecule has 0 amide bonds. The second-order valence-electron chi connectivity index (χ2n) is 4.38. The molecule has 6 heteroatoms. The largest absolute Gasteiger partial charge is 0.469 e. The first kappa shape index (κ1) is 16.2. The molecule has 0 fully saturated rings. The number of aromatic nitrogens is 2. The second kappa shape index (κ2) is 7.65. The van der Waals surface area contributed by atoms with E-state index in [2.05, 4.69) is 44.5 Å². The molecule has 0 N–H and O–H groups in total. The maximum atomic E-state index is 11.2. The molecule has 0 aliphatic heterocycles. The third-order valence-electron chi connectivity index (χ3n) is 3.18. The van der Waals surface area contributed by atoms with Crippen LogP contribution in [0, 0.1) is 0 Å². The van der Waals surface area contributed by atoms with Crippen molar-refractivity contribution in [1.82, 2.24) is 14.7 Å². The second-order valence-corrected chi connectivity index (χ2v) is 5.17. The van der Waals surface area contributed by atoms with Gasteiger partial charge in [-0.2, -0.15) is 5.10 Å². The van der Waals surface area contributed by atoms with Gasteiger partial charge in [0.25, 0.3) is 0 Å². The predicted octanol–water partition coefficient (Wildman–Crippen LogP) is 2.13. The summed E-state index contributed by atoms with van der Waals surface area (Å²) in [7, 11) is 3.37. The van der Waals surface area contributed by atoms with Gasteiger partial charge in [-0.15, -0.1) is 0 Å². The molecular weight excluding hydrogens is 310 g/mol. The molecule has 5 nitrogen and oxygen atoms in total. The molecule has 0 saturated heterocycles. The lowest BCUT2D eigenvalue weighted by Gasteiger charge is -2.20. The average Bonchev–Trinajstić information content (AvgIpc) is 2.69. The van der Waals surface area contributed by atoms with E-state index in [0.29, 0.717) is 13.0 Å². The van der Waals surface area contributed by atoms with E-state index in [1.54, 1.807) is 0 Å². The maximum Gasteiger partial charge on any atom is 0.306 e. The Morgan fingerprint density at radius 1 is 1.47 bits per heavy atom. The topological polar surface area (TPSA) is 47.4 Å². The zero-order chi connectivity index (χ0) is 14.4. The fourth-order valence-electron chi connectivity index (χ4n) is 1.90. The SMILES string of the molecule is CCc1nn(C)c(CN(CC)CCC(=O)OC)c1Br. The van der Waals surface area contributed by atoms with Crippen LogP contribution in [0.4, 0.5) is 0 Å². The highest BCUT2D eigenvalue weighted by Gasteiger charge is 2.15. The highest BCUT2D eigenvalue weighted by Crippen LogP contribution is 2.22. The van der Waals surface area contributed by atoms with Crippen LogP contribution in [-0.4, -0.2) is 40.8 Å². The molecule has 0 radical (unpaired) electrons. The summed E-state index contributed by atoms with van der Waals surface area (Å²) in [4.78, 5) is 13.4. The van der Waals surface area contributed by atoms with E-state index in [0.717, 1.165) is 35.4 Å². The van der Waals surface area contributed by atoms with E-state index in [1.807, 2.05) is 11.7 Å². The predicted molar refractivity (Wildman–Crippen MR) is 77.9 cm³/mol. The summed E-state index contributed by atoms with van der Waals surface area (Å²) in [5, 5.41) is 4.48. The molecule has 0 aromatic carbocycles. The molecular formula is C13H22BrN3O2. The zero-order valence-electron chi connectivity index (χ0n) is 12.1. The Morgan fingerprint density at radius 2 is 2.16 bits per heavy atom. The van der Waals surface area contributed by atoms with Gasteiger partial charge in [0.1, 0.15) is 0 Å². The number of hydrogen-bond donors (Lipinski definition) is 0. The Balaban J connectivity index is 2.70. The summed E-state index contributed by atoms with van der Waals surface area (Å²) >= 11 is 3.61. The van der Waals surface area contributed by atoms with Crippen LogP contribution in [0.5, 0.6) is 0 Å². The van der Waals surface area contributed by atoms with E-state index in [-0.39, 0.29) is 5.97 Å². The van der Waals surface area contributed by atoms with Gasteiger partial charge in [0, 0.05) is 20.1 Å². The molecule has 1 heterocycles. The number of ether oxygens (including phenoxy) is 1. The van der Waals surface area contributed by atoms with Gasteiger partial charge in [-0.3, -0.25) is 14.4 Å². The molecule has 108 valence electrons. The fourth-order valence-corrected chi connectivity index (χ4v) is 2.65. The number of halogens is 1. The molecule has 1 aromatic heterocycles. The molecule has 1 aromatic rings. The van der Waals surface area contributed by atoms with Crippen molar-refractivity contribution in [3.05, 3.63) is 15.9 Å². The van der Waals surface area contributed by atoms with Crippen molar-refractivity contribution in [3.8, 4) is 0 Å². The summed E-state index contributed by atoms with van der Waals surface area (Å²) in [6.07, 6.45) is 1.32. The summed E-state index contributed by atoms with van der Waals surface area (Å²) in [6.45, 7) is 6.53. The molecule has 0 aliphatic carbocycles. The maximum absolute atomic E-state index is 11.2. The Bertz CT molecular complexity index is 432. The number of carbonyl (C=O) groups excluding carboxylic acids is 1. The number of rotatable bonds is 7. The lowest BCUT2D eigenvalue weighted by molar-refractivity contribution is -0.141. The lowest BCUT2D eigenvalue weighted by Crippen LogP contribution is -2.27. The van der Waals surface area contributed by atoms with Gasteiger partial charge in [-0.05, 0) is 28.9 Å². The van der Waals surface area contributed by atoms with Crippen molar-refractivity contribution in [3.63, 3.8) is 0 Å². The molecule has 0 unspecified atom stereocenters. The van der Waals surface area contributed by atoms with E-state index >= 15 is 0 Å². The molecule has 0 atom stereocenters. The molecule has 0 saturated carbocycles. The average molecular weight is 332 g/mol. The van der Waals surface area contributed by atoms with Gasteiger partial charge in [-0.1, -0.05) is 13.8 Å². The van der Waals surface area contributed by atoms with Crippen molar-refractivity contribution >= 4 is 21.9 Å². The van der Waals surface area contributed by atoms with Crippen molar-refractivity contribution in [1.29, 1.82) is 0 Å². The third kappa shape index (κ3) is 4.31. The number of hydrogen-bond acceptors (Lipinski definition) is 4. The molecule has 19 heavy (non-hydrogen) atoms. The summed E-state index contributed by atoms with van der Waals surface area (Å²) in [5.74, 6) is -0.170. The van der Waals surface area contributed by atoms with Gasteiger partial charge in [0.2, 0.25) is 0 Å². The van der Waals surface area contributed by atoms with Crippen LogP contribution >= 0.6 is 15.9 Å². The number of carbonyl (C=O) groups is 1. The molecule has 0 spiro atoms. The number of esters is 1. The van der Waals surface area contributed by atoms with Gasteiger partial charge in [0.05, 0.1) is 29.4 Å². The highest BCUT2D eigenvalue weighted by atomic mass is 79.9. The summed E-state index contributed by atoms with van der Waals surface area (Å²) in [5.41, 5.74) is 2.21. The lowest BCUT2D eigenvalue weighted by atomic mass is 10.3. The van der Waals surface area contributed by atoms with E-state index in [4.69, 9.17) is 0 Å². The van der Waals surface area contributed by atoms with Gasteiger partial charge in [0.15, 0.2) is 0 Å². The van der Waals surface area contributed by atoms with E-state index < -0.39 is 0 Å². The van der Waals surface area contributed by atoms with Crippen LogP contribution in [-0.2, 0) is 29.5 Å². The zero-order valence-corrected chi connectivity index (χ0v) is 13.7. The van der Waals surface area contributed by atoms with Crippen LogP contribution in [0.1, 0.15) is 31.7 Å². The Morgan fingerprint density at radius 3 is 2.63 bits per heavy atom. The quantitative estimate of drug-likeness (QED) is 0.718. The highest BCUT2D eigenvalue weighted by molar-refractivity contribution is 9.10. The smallest absolute Gasteiger partial charge is 0.306 e. The third-order valence-corrected chi connectivity index (χ3v) is 4.10.